The Morgan fingerprint density at radius 2 is 1.74 bits per heavy atom. The molecule has 2 heterocycles. The molecule has 2 N–H and O–H groups in total. The fourth-order valence-electron chi connectivity index (χ4n) is 5.28. The maximum Gasteiger partial charge on any atom is 0.416 e. The second-order valence-electron chi connectivity index (χ2n) is 10.9. The minimum atomic E-state index is -4.73. The minimum absolute atomic E-state index is 0.0260. The van der Waals surface area contributed by atoms with Crippen LogP contribution < -0.4 is 15.4 Å². The molecule has 3 aromatic rings. The van der Waals surface area contributed by atoms with E-state index in [9.17, 15) is 44.7 Å². The molecule has 2 aromatic heterocycles. The zero-order valence-electron chi connectivity index (χ0n) is 24.7. The maximum atomic E-state index is 13.9. The topological polar surface area (TPSA) is 107 Å². The largest absolute Gasteiger partial charge is 0.471 e. The Bertz CT molecular complexity index is 1550. The van der Waals surface area contributed by atoms with Crippen molar-refractivity contribution in [3.8, 4) is 5.88 Å². The second-order valence-corrected chi connectivity index (χ2v) is 10.9. The molecule has 0 bridgehead atoms. The second kappa shape index (κ2) is 14.2. The third-order valence-electron chi connectivity index (χ3n) is 7.61. The van der Waals surface area contributed by atoms with Crippen LogP contribution in [0.2, 0.25) is 0 Å². The number of carbonyl (C=O) groups excluding carboxylic acids is 2. The molecule has 252 valence electrons. The van der Waals surface area contributed by atoms with E-state index in [2.05, 4.69) is 20.6 Å². The number of halogens is 8. The van der Waals surface area contributed by atoms with Gasteiger partial charge in [-0.15, -0.1) is 0 Å². The van der Waals surface area contributed by atoms with Gasteiger partial charge in [0.05, 0.1) is 11.5 Å². The number of hydrogen-bond donors (Lipinski definition) is 2. The smallest absolute Gasteiger partial charge is 0.416 e. The Morgan fingerprint density at radius 3 is 2.35 bits per heavy atom. The van der Waals surface area contributed by atoms with E-state index in [-0.39, 0.29) is 73.4 Å². The number of aromatic nitrogens is 3. The number of rotatable bonds is 11. The summed E-state index contributed by atoms with van der Waals surface area (Å²) in [5, 5.41) is 5.14. The van der Waals surface area contributed by atoms with Crippen LogP contribution in [0, 0.1) is 5.92 Å². The fourth-order valence-corrected chi connectivity index (χ4v) is 5.28. The lowest BCUT2D eigenvalue weighted by molar-refractivity contribution is -0.182. The minimum Gasteiger partial charge on any atom is -0.471 e. The van der Waals surface area contributed by atoms with Crippen LogP contribution in [-0.4, -0.2) is 65.3 Å². The van der Waals surface area contributed by atoms with Gasteiger partial charge in [0.2, 0.25) is 11.8 Å². The average molecular weight is 666 g/mol. The van der Waals surface area contributed by atoms with E-state index >= 15 is 0 Å². The van der Waals surface area contributed by atoms with Crippen LogP contribution in [0.25, 0.3) is 11.2 Å². The van der Waals surface area contributed by atoms with Crippen LogP contribution in [0.4, 0.5) is 35.1 Å². The van der Waals surface area contributed by atoms with E-state index in [0.29, 0.717) is 5.56 Å². The number of carbonyl (C=O) groups is 2. The number of methoxy groups -OCH3 is 1. The predicted molar refractivity (Wildman–Crippen MR) is 147 cm³/mol. The summed E-state index contributed by atoms with van der Waals surface area (Å²) in [7, 11) is 2.76. The molecule has 9 nitrogen and oxygen atoms in total. The number of alkyl halides is 8. The van der Waals surface area contributed by atoms with Gasteiger partial charge in [0.25, 0.3) is 12.3 Å². The number of amides is 2. The number of ether oxygens (including phenoxy) is 2. The molecule has 1 aliphatic carbocycles. The van der Waals surface area contributed by atoms with E-state index < -0.39 is 60.6 Å². The van der Waals surface area contributed by atoms with Gasteiger partial charge < -0.3 is 24.7 Å². The number of nitrogens with zero attached hydrogens (tertiary/aromatic N) is 3. The van der Waals surface area contributed by atoms with Gasteiger partial charge in [-0.25, -0.2) is 13.8 Å². The highest BCUT2D eigenvalue weighted by Gasteiger charge is 2.41. The molecule has 0 unspecified atom stereocenters. The van der Waals surface area contributed by atoms with Crippen molar-refractivity contribution in [3.05, 3.63) is 52.3 Å². The van der Waals surface area contributed by atoms with Gasteiger partial charge >= 0.3 is 12.4 Å². The molecule has 0 radical (unpaired) electrons. The maximum absolute atomic E-state index is 13.9. The summed E-state index contributed by atoms with van der Waals surface area (Å²) in [5.74, 6) is -3.19. The lowest BCUT2D eigenvalue weighted by Gasteiger charge is -2.30. The van der Waals surface area contributed by atoms with Crippen molar-refractivity contribution in [2.24, 2.45) is 13.0 Å². The summed E-state index contributed by atoms with van der Waals surface area (Å²) in [6, 6.07) is 3.95. The zero-order valence-corrected chi connectivity index (χ0v) is 24.7. The number of pyridine rings is 1. The van der Waals surface area contributed by atoms with Gasteiger partial charge in [0, 0.05) is 33.2 Å². The molecule has 0 spiro atoms. The summed E-state index contributed by atoms with van der Waals surface area (Å²) in [4.78, 5) is 33.5. The highest BCUT2D eigenvalue weighted by Crippen LogP contribution is 2.38. The highest BCUT2D eigenvalue weighted by atomic mass is 19.4. The van der Waals surface area contributed by atoms with Crippen molar-refractivity contribution < 1.29 is 54.2 Å². The van der Waals surface area contributed by atoms with Crippen molar-refractivity contribution in [2.75, 3.05) is 20.3 Å². The first-order valence-corrected chi connectivity index (χ1v) is 14.2. The number of hydrogen-bond acceptors (Lipinski definition) is 6. The SMILES string of the molecule is COCC(=O)NCc1ccc(C(F)(F)F)c(Cc2nc3cc(C(=O)NC4CCC(C(F)(F)F)CC4)c(OCC(F)F)nc3n2C)c1. The molecule has 1 fully saturated rings. The predicted octanol–water partition coefficient (Wildman–Crippen LogP) is 5.34. The molecule has 1 saturated carbocycles. The summed E-state index contributed by atoms with van der Waals surface area (Å²) >= 11 is 0. The number of imidazole rings is 1. The van der Waals surface area contributed by atoms with Crippen molar-refractivity contribution in [1.29, 1.82) is 0 Å². The van der Waals surface area contributed by atoms with Crippen molar-refractivity contribution >= 4 is 23.0 Å². The molecular weight excluding hydrogens is 634 g/mol. The van der Waals surface area contributed by atoms with Crippen LogP contribution in [0.3, 0.4) is 0 Å². The van der Waals surface area contributed by atoms with E-state index in [1.165, 1.54) is 36.9 Å². The summed E-state index contributed by atoms with van der Waals surface area (Å²) in [6.45, 7) is -1.43. The third-order valence-corrected chi connectivity index (χ3v) is 7.61. The highest BCUT2D eigenvalue weighted by molar-refractivity contribution is 5.99. The summed E-state index contributed by atoms with van der Waals surface area (Å²) < 4.78 is 118. The standard InChI is InChI=1S/C29H31F8N5O4/c1-42-23(10-16-9-15(12-38-24(43)14-45-2)3-8-20(16)29(35,36)37)40-21-11-19(27(41-25(21)42)46-13-22(30)31)26(44)39-18-6-4-17(5-7-18)28(32,33)34/h3,8-9,11,17-18,22H,4-7,10,12-14H2,1-2H3,(H,38,43)(H,39,44). The summed E-state index contributed by atoms with van der Waals surface area (Å²) in [5.41, 5.74) is -0.982. The summed E-state index contributed by atoms with van der Waals surface area (Å²) in [6.07, 6.45) is -12.7. The Labute approximate surface area is 257 Å². The molecule has 17 heteroatoms. The normalized spacial score (nSPS) is 17.4. The van der Waals surface area contributed by atoms with Gasteiger partial charge in [-0.2, -0.15) is 31.3 Å². The monoisotopic (exact) mass is 665 g/mol. The van der Waals surface area contributed by atoms with Crippen molar-refractivity contribution in [2.45, 2.75) is 63.5 Å². The number of benzene rings is 1. The average Bonchev–Trinajstić information content (AvgIpc) is 3.27. The van der Waals surface area contributed by atoms with E-state index in [1.54, 1.807) is 0 Å². The molecule has 0 saturated heterocycles. The van der Waals surface area contributed by atoms with Crippen LogP contribution in [0.1, 0.15) is 58.6 Å². The molecule has 0 aliphatic heterocycles. The molecule has 2 amide bonds. The molecule has 0 atom stereocenters. The van der Waals surface area contributed by atoms with E-state index in [0.717, 1.165) is 6.07 Å². The van der Waals surface area contributed by atoms with Crippen molar-refractivity contribution in [1.82, 2.24) is 25.2 Å². The van der Waals surface area contributed by atoms with Crippen molar-refractivity contribution in [3.63, 3.8) is 0 Å². The fraction of sp³-hybridized carbons (Fsp3) is 0.517. The number of nitrogens with one attached hydrogen (secondary N) is 2. The van der Waals surface area contributed by atoms with Gasteiger partial charge in [-0.05, 0) is 48.9 Å². The van der Waals surface area contributed by atoms with Crippen LogP contribution in [0.5, 0.6) is 5.88 Å². The first-order valence-electron chi connectivity index (χ1n) is 14.2. The molecule has 1 aromatic carbocycles. The molecule has 46 heavy (non-hydrogen) atoms. The van der Waals surface area contributed by atoms with Crippen LogP contribution in [-0.2, 0) is 35.7 Å². The van der Waals surface area contributed by atoms with E-state index in [1.807, 2.05) is 0 Å². The van der Waals surface area contributed by atoms with Gasteiger partial charge in [-0.3, -0.25) is 9.59 Å². The molecule has 1 aliphatic rings. The Balaban J connectivity index is 1.64. The van der Waals surface area contributed by atoms with Crippen LogP contribution >= 0.6 is 0 Å². The quantitative estimate of drug-likeness (QED) is 0.268. The third kappa shape index (κ3) is 8.61. The number of aryl methyl sites for hydroxylation is 1. The van der Waals surface area contributed by atoms with Gasteiger partial charge in [0.15, 0.2) is 12.3 Å². The lowest BCUT2D eigenvalue weighted by atomic mass is 9.85. The molecular formula is C29H31F8N5O4. The Kier molecular flexibility index (Phi) is 10.7. The Hall–Kier alpha value is -4.02. The lowest BCUT2D eigenvalue weighted by Crippen LogP contribution is -2.40. The van der Waals surface area contributed by atoms with Gasteiger partial charge in [-0.1, -0.05) is 12.1 Å². The Morgan fingerprint density at radius 1 is 1.04 bits per heavy atom. The first-order chi connectivity index (χ1) is 21.6. The van der Waals surface area contributed by atoms with E-state index in [4.69, 9.17) is 9.47 Å². The first kappa shape index (κ1) is 34.8. The van der Waals surface area contributed by atoms with Gasteiger partial charge in [0.1, 0.15) is 23.5 Å². The number of fused-ring (bicyclic) bond motifs is 1. The zero-order chi connectivity index (χ0) is 33.8. The van der Waals surface area contributed by atoms with Crippen LogP contribution in [0.15, 0.2) is 24.3 Å². The molecule has 4 rings (SSSR count).